The Hall–Kier alpha value is -1.14. The zero-order chi connectivity index (χ0) is 10.8. The number of sulfone groups is 1. The fourth-order valence-corrected chi connectivity index (χ4v) is 2.89. The van der Waals surface area contributed by atoms with Gasteiger partial charge in [0.2, 0.25) is 10.3 Å². The van der Waals surface area contributed by atoms with Gasteiger partial charge in [0.25, 0.3) is 0 Å². The van der Waals surface area contributed by atoms with Gasteiger partial charge in [-0.1, -0.05) is 30.3 Å². The van der Waals surface area contributed by atoms with E-state index in [1.165, 1.54) is 12.1 Å². The van der Waals surface area contributed by atoms with Crippen LogP contribution in [-0.2, 0) is 20.1 Å². The van der Waals surface area contributed by atoms with E-state index in [4.69, 9.17) is 0 Å². The molecule has 76 valence electrons. The van der Waals surface area contributed by atoms with Crippen LogP contribution < -0.4 is 0 Å². The van der Waals surface area contributed by atoms with Crippen LogP contribution in [0.4, 0.5) is 0 Å². The summed E-state index contributed by atoms with van der Waals surface area (Å²) in [6.45, 7) is 0. The molecular formula is C8H8O4S2. The van der Waals surface area contributed by atoms with Crippen molar-refractivity contribution < 1.29 is 16.8 Å². The van der Waals surface area contributed by atoms with Gasteiger partial charge in [-0.15, -0.1) is 0 Å². The monoisotopic (exact) mass is 232 g/mol. The summed E-state index contributed by atoms with van der Waals surface area (Å²) in [5.74, 6) is 0. The maximum Gasteiger partial charge on any atom is 0.233 e. The molecule has 1 aromatic rings. The highest BCUT2D eigenvalue weighted by Gasteiger charge is 2.17. The Balaban J connectivity index is 3.56. The maximum absolute atomic E-state index is 11.1. The van der Waals surface area contributed by atoms with E-state index in [1.807, 2.05) is 0 Å². The molecule has 0 aliphatic heterocycles. The molecule has 0 fully saturated rings. The summed E-state index contributed by atoms with van der Waals surface area (Å²) in [4.78, 5) is 0. The summed E-state index contributed by atoms with van der Waals surface area (Å²) in [7, 11) is -6.46. The van der Waals surface area contributed by atoms with Crippen LogP contribution in [0, 0.1) is 0 Å². The minimum Gasteiger partial charge on any atom is -0.223 e. The van der Waals surface area contributed by atoms with E-state index >= 15 is 0 Å². The molecule has 6 heteroatoms. The third kappa shape index (κ3) is 2.43. The number of benzene rings is 1. The maximum atomic E-state index is 11.1. The molecule has 0 unspecified atom stereocenters. The molecule has 0 aromatic heterocycles. The summed E-state index contributed by atoms with van der Waals surface area (Å²) in [6, 6.07) is 7.70. The van der Waals surface area contributed by atoms with E-state index in [0.717, 1.165) is 6.26 Å². The van der Waals surface area contributed by atoms with Crippen LogP contribution >= 0.6 is 0 Å². The first kappa shape index (κ1) is 10.9. The quantitative estimate of drug-likeness (QED) is 0.643. The number of hydrogen-bond acceptors (Lipinski definition) is 4. The fraction of sp³-hybridized carbons (Fsp3) is 0.125. The predicted molar refractivity (Wildman–Crippen MR) is 54.3 cm³/mol. The van der Waals surface area contributed by atoms with Crippen molar-refractivity contribution in [2.45, 2.75) is 0 Å². The highest BCUT2D eigenvalue weighted by molar-refractivity contribution is 8.15. The summed E-state index contributed by atoms with van der Waals surface area (Å²) in [5, 5.41) is 0. The molecule has 1 rings (SSSR count). The SMILES string of the molecule is CS(=O)(=O)C(c1ccccc1)=S(=O)=O. The molecule has 0 aliphatic rings. The van der Waals surface area contributed by atoms with Gasteiger partial charge in [0.05, 0.1) is 0 Å². The Bertz CT molecular complexity index is 545. The van der Waals surface area contributed by atoms with Gasteiger partial charge in [-0.2, -0.15) is 8.42 Å². The van der Waals surface area contributed by atoms with Gasteiger partial charge in [0.1, 0.15) is 0 Å². The van der Waals surface area contributed by atoms with Crippen LogP contribution in [0.15, 0.2) is 30.3 Å². The van der Waals surface area contributed by atoms with Crippen molar-refractivity contribution in [3.05, 3.63) is 35.9 Å². The summed E-state index contributed by atoms with van der Waals surface area (Å²) in [5.41, 5.74) is 0.184. The summed E-state index contributed by atoms with van der Waals surface area (Å²) < 4.78 is 43.2. The smallest absolute Gasteiger partial charge is 0.223 e. The molecule has 0 atom stereocenters. The predicted octanol–water partition coefficient (Wildman–Crippen LogP) is 0.0883. The van der Waals surface area contributed by atoms with Crippen molar-refractivity contribution >= 4 is 24.3 Å². The van der Waals surface area contributed by atoms with Crippen molar-refractivity contribution in [2.24, 2.45) is 0 Å². The fourth-order valence-electron chi connectivity index (χ4n) is 1.01. The van der Waals surface area contributed by atoms with Crippen LogP contribution in [-0.4, -0.2) is 27.3 Å². The second kappa shape index (κ2) is 3.93. The van der Waals surface area contributed by atoms with E-state index < -0.39 is 24.3 Å². The van der Waals surface area contributed by atoms with Gasteiger partial charge in [-0.05, 0) is 0 Å². The normalized spacial score (nSPS) is 10.9. The average molecular weight is 232 g/mol. The molecule has 0 N–H and O–H groups in total. The molecule has 4 nitrogen and oxygen atoms in total. The third-order valence-electron chi connectivity index (χ3n) is 1.50. The highest BCUT2D eigenvalue weighted by Crippen LogP contribution is 2.04. The third-order valence-corrected chi connectivity index (χ3v) is 4.26. The van der Waals surface area contributed by atoms with Gasteiger partial charge in [0, 0.05) is 11.8 Å². The molecule has 0 radical (unpaired) electrons. The zero-order valence-electron chi connectivity index (χ0n) is 7.34. The van der Waals surface area contributed by atoms with Crippen LogP contribution in [0.3, 0.4) is 0 Å². The van der Waals surface area contributed by atoms with E-state index in [2.05, 4.69) is 0 Å². The van der Waals surface area contributed by atoms with E-state index in [1.54, 1.807) is 18.2 Å². The standard InChI is InChI=1S/C8H8O4S2/c1-14(11,12)8(13(9)10)7-5-3-2-4-6-7/h2-6H,1H3. The first-order valence-electron chi connectivity index (χ1n) is 3.64. The van der Waals surface area contributed by atoms with E-state index in [0.29, 0.717) is 0 Å². The lowest BCUT2D eigenvalue weighted by Gasteiger charge is -1.98. The molecule has 0 heterocycles. The second-order valence-electron chi connectivity index (χ2n) is 2.66. The average Bonchev–Trinajstić information content (AvgIpc) is 2.02. The molecule has 14 heavy (non-hydrogen) atoms. The molecule has 0 saturated carbocycles. The minimum atomic E-state index is -3.71. The van der Waals surface area contributed by atoms with Crippen molar-refractivity contribution in [3.8, 4) is 0 Å². The molecule has 0 amide bonds. The van der Waals surface area contributed by atoms with E-state index in [-0.39, 0.29) is 5.56 Å². The summed E-state index contributed by atoms with van der Waals surface area (Å²) >= 11 is 0. The van der Waals surface area contributed by atoms with Crippen LogP contribution in [0.1, 0.15) is 5.56 Å². The van der Waals surface area contributed by atoms with Gasteiger partial charge in [-0.25, -0.2) is 8.42 Å². The van der Waals surface area contributed by atoms with Gasteiger partial charge in [-0.3, -0.25) is 0 Å². The topological polar surface area (TPSA) is 68.3 Å². The Morgan fingerprint density at radius 1 is 1.14 bits per heavy atom. The highest BCUT2D eigenvalue weighted by atomic mass is 32.2. The van der Waals surface area contributed by atoms with Gasteiger partial charge in [0.15, 0.2) is 14.0 Å². The van der Waals surface area contributed by atoms with Crippen molar-refractivity contribution in [1.29, 1.82) is 0 Å². The Kier molecular flexibility index (Phi) is 3.07. The molecule has 0 spiro atoms. The lowest BCUT2D eigenvalue weighted by atomic mass is 10.2. The van der Waals surface area contributed by atoms with Crippen molar-refractivity contribution in [3.63, 3.8) is 0 Å². The van der Waals surface area contributed by atoms with Crippen molar-refractivity contribution in [2.75, 3.05) is 6.26 Å². The first-order valence-corrected chi connectivity index (χ1v) is 6.61. The van der Waals surface area contributed by atoms with E-state index in [9.17, 15) is 16.8 Å². The molecule has 0 saturated heterocycles. The Morgan fingerprint density at radius 2 is 1.64 bits per heavy atom. The molecular weight excluding hydrogens is 224 g/mol. The van der Waals surface area contributed by atoms with Crippen LogP contribution in [0.25, 0.3) is 0 Å². The Labute approximate surface area is 83.6 Å². The Morgan fingerprint density at radius 3 is 2.00 bits per heavy atom. The molecule has 0 bridgehead atoms. The minimum absolute atomic E-state index is 0.184. The summed E-state index contributed by atoms with van der Waals surface area (Å²) in [6.07, 6.45) is 0.866. The van der Waals surface area contributed by atoms with Crippen molar-refractivity contribution in [1.82, 2.24) is 0 Å². The van der Waals surface area contributed by atoms with Crippen LogP contribution in [0.2, 0.25) is 0 Å². The molecule has 1 aromatic carbocycles. The largest absolute Gasteiger partial charge is 0.233 e. The van der Waals surface area contributed by atoms with Gasteiger partial charge >= 0.3 is 0 Å². The number of rotatable bonds is 1. The number of hydrogen-bond donors (Lipinski definition) is 0. The second-order valence-corrected chi connectivity index (χ2v) is 5.75. The molecule has 0 aliphatic carbocycles. The first-order chi connectivity index (χ1) is 6.43. The van der Waals surface area contributed by atoms with Crippen LogP contribution in [0.5, 0.6) is 0 Å². The lowest BCUT2D eigenvalue weighted by Crippen LogP contribution is -2.15. The van der Waals surface area contributed by atoms with Gasteiger partial charge < -0.3 is 0 Å². The zero-order valence-corrected chi connectivity index (χ0v) is 8.97. The lowest BCUT2D eigenvalue weighted by molar-refractivity contribution is 0.612.